The Morgan fingerprint density at radius 1 is 0.815 bits per heavy atom. The van der Waals surface area contributed by atoms with Crippen molar-refractivity contribution < 1.29 is 0 Å². The fourth-order valence-corrected chi connectivity index (χ4v) is 11.7. The number of aryl methyl sites for hydroxylation is 2. The van der Waals surface area contributed by atoms with Crippen LogP contribution in [0.1, 0.15) is 52.9 Å². The van der Waals surface area contributed by atoms with Crippen molar-refractivity contribution >= 4 is 19.3 Å². The molecule has 0 saturated heterocycles. The van der Waals surface area contributed by atoms with E-state index >= 15 is 0 Å². The Bertz CT molecular complexity index is 859. The summed E-state index contributed by atoms with van der Waals surface area (Å²) in [7, 11) is -1.78. The van der Waals surface area contributed by atoms with Crippen LogP contribution in [0, 0.1) is 0 Å². The maximum atomic E-state index is 5.13. The third kappa shape index (κ3) is 3.60. The molecule has 0 aliphatic carbocycles. The van der Waals surface area contributed by atoms with Crippen molar-refractivity contribution in [3.63, 3.8) is 0 Å². The van der Waals surface area contributed by atoms with Crippen molar-refractivity contribution in [2.24, 2.45) is 0 Å². The molecular formula is C23H33N3Si. The van der Waals surface area contributed by atoms with Crippen molar-refractivity contribution in [3.8, 4) is 0 Å². The summed E-state index contributed by atoms with van der Waals surface area (Å²) in [6.07, 6.45) is 6.04. The molecule has 0 aromatic carbocycles. The molecule has 3 rings (SSSR count). The van der Waals surface area contributed by atoms with Crippen LogP contribution >= 0.6 is 0 Å². The molecule has 144 valence electrons. The van der Waals surface area contributed by atoms with E-state index in [0.717, 1.165) is 24.2 Å². The molecule has 0 unspecified atom stereocenters. The van der Waals surface area contributed by atoms with Crippen LogP contribution in [0.15, 0.2) is 48.8 Å². The smallest absolute Gasteiger partial charge is 0.171 e. The van der Waals surface area contributed by atoms with Gasteiger partial charge >= 0.3 is 0 Å². The molecule has 0 radical (unpaired) electrons. The predicted molar refractivity (Wildman–Crippen MR) is 118 cm³/mol. The number of aromatic nitrogens is 3. The van der Waals surface area contributed by atoms with Crippen molar-refractivity contribution in [2.45, 2.75) is 71.0 Å². The summed E-state index contributed by atoms with van der Waals surface area (Å²) in [6.45, 7) is 14.4. The summed E-state index contributed by atoms with van der Waals surface area (Å²) in [5.74, 6) is 0. The minimum absolute atomic E-state index is 0.659. The van der Waals surface area contributed by atoms with Gasteiger partial charge in [-0.05, 0) is 66.0 Å². The molecule has 0 atom stereocenters. The number of rotatable bonds is 7. The Labute approximate surface area is 165 Å². The van der Waals surface area contributed by atoms with Gasteiger partial charge in [-0.1, -0.05) is 47.6 Å². The van der Waals surface area contributed by atoms with Gasteiger partial charge in [-0.25, -0.2) is 4.98 Å². The first-order valence-electron chi connectivity index (χ1n) is 10.2. The van der Waals surface area contributed by atoms with E-state index in [1.165, 1.54) is 11.0 Å². The summed E-state index contributed by atoms with van der Waals surface area (Å²) >= 11 is 0. The second-order valence-electron chi connectivity index (χ2n) is 8.57. The molecule has 0 spiro atoms. The van der Waals surface area contributed by atoms with Crippen molar-refractivity contribution in [1.82, 2.24) is 14.2 Å². The highest BCUT2D eigenvalue weighted by atomic mass is 28.3. The Morgan fingerprint density at radius 3 is 2.07 bits per heavy atom. The number of pyridine rings is 2. The van der Waals surface area contributed by atoms with E-state index in [2.05, 4.69) is 87.3 Å². The lowest BCUT2D eigenvalue weighted by atomic mass is 10.1. The molecule has 0 saturated carbocycles. The second kappa shape index (κ2) is 7.97. The predicted octanol–water partition coefficient (Wildman–Crippen LogP) is 6.24. The van der Waals surface area contributed by atoms with Crippen LogP contribution in [0.3, 0.4) is 0 Å². The lowest BCUT2D eigenvalue weighted by molar-refractivity contribution is 0.769. The van der Waals surface area contributed by atoms with Gasteiger partial charge in [0.2, 0.25) is 0 Å². The van der Waals surface area contributed by atoms with Crippen LogP contribution in [-0.2, 0) is 12.8 Å². The highest BCUT2D eigenvalue weighted by Gasteiger charge is 2.45. The third-order valence-corrected chi connectivity index (χ3v) is 12.9. The molecule has 3 heterocycles. The Kier molecular flexibility index (Phi) is 5.85. The molecule has 0 bridgehead atoms. The largest absolute Gasteiger partial charge is 0.359 e. The molecule has 3 aromatic rings. The molecule has 0 N–H and O–H groups in total. The zero-order valence-electron chi connectivity index (χ0n) is 17.6. The number of nitrogens with zero attached hydrogens (tertiary/aromatic N) is 3. The van der Waals surface area contributed by atoms with Crippen LogP contribution in [0.2, 0.25) is 16.6 Å². The van der Waals surface area contributed by atoms with Gasteiger partial charge in [0.1, 0.15) is 5.65 Å². The van der Waals surface area contributed by atoms with E-state index in [1.807, 2.05) is 12.3 Å². The first kappa shape index (κ1) is 19.8. The Hall–Kier alpha value is -1.94. The van der Waals surface area contributed by atoms with Gasteiger partial charge in [0.25, 0.3) is 0 Å². The molecule has 27 heavy (non-hydrogen) atoms. The molecular weight excluding hydrogens is 346 g/mol. The number of fused-ring (bicyclic) bond motifs is 1. The van der Waals surface area contributed by atoms with Crippen LogP contribution in [-0.4, -0.2) is 22.4 Å². The molecule has 0 aliphatic rings. The van der Waals surface area contributed by atoms with Gasteiger partial charge in [0, 0.05) is 23.0 Å². The normalized spacial score (nSPS) is 12.6. The van der Waals surface area contributed by atoms with Crippen LogP contribution in [0.25, 0.3) is 11.0 Å². The lowest BCUT2D eigenvalue weighted by Gasteiger charge is -2.44. The minimum atomic E-state index is -1.78. The number of hydrogen-bond acceptors (Lipinski definition) is 2. The van der Waals surface area contributed by atoms with E-state index in [1.54, 1.807) is 0 Å². The van der Waals surface area contributed by atoms with Crippen molar-refractivity contribution in [3.05, 3.63) is 60.2 Å². The summed E-state index contributed by atoms with van der Waals surface area (Å²) in [4.78, 5) is 9.58. The SMILES string of the molecule is CC(C)[Si](C(C)C)(C(C)C)n1ccc2ccc(CCc3ccccn3)nc21. The van der Waals surface area contributed by atoms with E-state index in [9.17, 15) is 0 Å². The van der Waals surface area contributed by atoms with Crippen LogP contribution in [0.5, 0.6) is 0 Å². The summed E-state index contributed by atoms with van der Waals surface area (Å²) in [6, 6.07) is 12.8. The summed E-state index contributed by atoms with van der Waals surface area (Å²) in [5, 5.41) is 1.26. The maximum absolute atomic E-state index is 5.13. The Morgan fingerprint density at radius 2 is 1.48 bits per heavy atom. The minimum Gasteiger partial charge on any atom is -0.359 e. The standard InChI is InChI=1S/C23H33N3Si/c1-17(2)27(18(3)4,19(5)6)26-16-14-20-10-11-22(25-23(20)26)13-12-21-9-7-8-15-24-21/h7-11,14-19H,12-13H2,1-6H3. The van der Waals surface area contributed by atoms with Gasteiger partial charge in [-0.15, -0.1) is 0 Å². The summed E-state index contributed by atoms with van der Waals surface area (Å²) < 4.78 is 2.60. The fourth-order valence-electron chi connectivity index (χ4n) is 5.14. The van der Waals surface area contributed by atoms with Gasteiger partial charge in [-0.3, -0.25) is 4.98 Å². The van der Waals surface area contributed by atoms with Gasteiger partial charge in [0.05, 0.1) is 0 Å². The zero-order chi connectivity index (χ0) is 19.6. The molecule has 0 aliphatic heterocycles. The first-order chi connectivity index (χ1) is 12.9. The number of hydrogen-bond donors (Lipinski definition) is 0. The summed E-state index contributed by atoms with van der Waals surface area (Å²) in [5.41, 5.74) is 5.44. The van der Waals surface area contributed by atoms with E-state index in [0.29, 0.717) is 16.6 Å². The second-order valence-corrected chi connectivity index (χ2v) is 14.3. The van der Waals surface area contributed by atoms with Crippen LogP contribution < -0.4 is 0 Å². The average Bonchev–Trinajstić information content (AvgIpc) is 3.04. The van der Waals surface area contributed by atoms with Crippen LogP contribution in [0.4, 0.5) is 0 Å². The van der Waals surface area contributed by atoms with E-state index in [4.69, 9.17) is 4.98 Å². The fraction of sp³-hybridized carbons (Fsp3) is 0.478. The van der Waals surface area contributed by atoms with Crippen molar-refractivity contribution in [1.29, 1.82) is 0 Å². The molecule has 3 aromatic heterocycles. The van der Waals surface area contributed by atoms with Gasteiger partial charge < -0.3 is 4.23 Å². The Balaban J connectivity index is 2.01. The van der Waals surface area contributed by atoms with Gasteiger partial charge in [-0.2, -0.15) is 0 Å². The van der Waals surface area contributed by atoms with E-state index in [-0.39, 0.29) is 0 Å². The lowest BCUT2D eigenvalue weighted by Crippen LogP contribution is -2.51. The zero-order valence-corrected chi connectivity index (χ0v) is 18.6. The average molecular weight is 380 g/mol. The van der Waals surface area contributed by atoms with Gasteiger partial charge in [0.15, 0.2) is 8.24 Å². The maximum Gasteiger partial charge on any atom is 0.171 e. The molecule has 3 nitrogen and oxygen atoms in total. The first-order valence-corrected chi connectivity index (χ1v) is 12.4. The molecule has 0 fully saturated rings. The third-order valence-electron chi connectivity index (χ3n) is 6.15. The highest BCUT2D eigenvalue weighted by Crippen LogP contribution is 2.43. The topological polar surface area (TPSA) is 30.7 Å². The highest BCUT2D eigenvalue weighted by molar-refractivity contribution is 6.82. The molecule has 0 amide bonds. The van der Waals surface area contributed by atoms with E-state index < -0.39 is 8.24 Å². The quantitative estimate of drug-likeness (QED) is 0.455. The monoisotopic (exact) mass is 379 g/mol. The molecule has 4 heteroatoms. The van der Waals surface area contributed by atoms with Crippen molar-refractivity contribution in [2.75, 3.05) is 0 Å².